The number of amides is 4. The van der Waals surface area contributed by atoms with Crippen LogP contribution in [0.15, 0.2) is 58.3 Å². The number of unbranched alkanes of at least 4 members (excludes halogenated alkanes) is 1. The number of ether oxygens (including phenoxy) is 6. The van der Waals surface area contributed by atoms with Gasteiger partial charge in [-0.05, 0) is 134 Å². The Bertz CT molecular complexity index is 2640. The van der Waals surface area contributed by atoms with E-state index in [9.17, 15) is 26.4 Å². The van der Waals surface area contributed by atoms with E-state index in [-0.39, 0.29) is 112 Å². The van der Waals surface area contributed by atoms with Crippen molar-refractivity contribution in [1.29, 1.82) is 0 Å². The van der Waals surface area contributed by atoms with E-state index in [0.717, 1.165) is 34.4 Å². The summed E-state index contributed by atoms with van der Waals surface area (Å²) in [5.41, 5.74) is 3.99. The molecule has 0 saturated carbocycles. The third-order valence-corrected chi connectivity index (χ3v) is 16.0. The van der Waals surface area contributed by atoms with Crippen LogP contribution in [0.5, 0.6) is 11.5 Å². The fourth-order valence-corrected chi connectivity index (χ4v) is 11.7. The van der Waals surface area contributed by atoms with Gasteiger partial charge in [-0.25, -0.2) is 44.6 Å². The van der Waals surface area contributed by atoms with Gasteiger partial charge in [-0.15, -0.1) is 0 Å². The van der Waals surface area contributed by atoms with Crippen LogP contribution in [0.4, 0.5) is 18.4 Å². The molecule has 0 unspecified atom stereocenters. The lowest BCUT2D eigenvalue weighted by Gasteiger charge is -2.18. The van der Waals surface area contributed by atoms with Gasteiger partial charge in [0.15, 0.2) is 23.1 Å². The molecule has 4 aromatic carbocycles. The molecule has 0 spiro atoms. The predicted octanol–water partition coefficient (Wildman–Crippen LogP) is 8.03. The number of fused-ring (bicyclic) bond motifs is 2. The van der Waals surface area contributed by atoms with Crippen molar-refractivity contribution >= 4 is 78.5 Å². The zero-order valence-electron chi connectivity index (χ0n) is 41.9. The molecule has 0 bridgehead atoms. The molecule has 6 N–H and O–H groups in total. The van der Waals surface area contributed by atoms with Crippen LogP contribution in [0.25, 0.3) is 0 Å². The van der Waals surface area contributed by atoms with Crippen molar-refractivity contribution in [3.05, 3.63) is 114 Å². The maximum atomic E-state index is 15.2. The number of rotatable bonds is 31. The number of nitrogens with one attached hydrogen (secondary N) is 6. The molecule has 0 aliphatic heterocycles. The number of halogens is 6. The molecule has 0 heterocycles. The van der Waals surface area contributed by atoms with Crippen LogP contribution < -0.4 is 40.2 Å². The van der Waals surface area contributed by atoms with Crippen molar-refractivity contribution in [1.82, 2.24) is 30.7 Å². The van der Waals surface area contributed by atoms with Crippen molar-refractivity contribution in [2.45, 2.75) is 74.4 Å². The molecule has 76 heavy (non-hydrogen) atoms. The van der Waals surface area contributed by atoms with Crippen LogP contribution in [0.1, 0.15) is 71.3 Å². The Hall–Kier alpha value is -4.30. The highest BCUT2D eigenvalue weighted by atomic mass is 35.5. The number of carbonyl (C=O) groups excluding carboxylic acids is 2. The molecule has 0 aromatic heterocycles. The Morgan fingerprint density at radius 1 is 0.513 bits per heavy atom. The first kappa shape index (κ1) is 60.9. The molecular weight excluding hydrogens is 1120 g/mol. The number of hydrogen-bond donors (Lipinski definition) is 6. The van der Waals surface area contributed by atoms with Gasteiger partial charge in [0.05, 0.1) is 62.6 Å². The second-order valence-corrected chi connectivity index (χ2v) is 22.8. The first-order chi connectivity index (χ1) is 36.3. The molecular formula is C50H62Cl4F2N6O12S2. The van der Waals surface area contributed by atoms with Crippen molar-refractivity contribution in [3.8, 4) is 11.5 Å². The van der Waals surface area contributed by atoms with Crippen LogP contribution in [0.3, 0.4) is 0 Å². The quantitative estimate of drug-likeness (QED) is 0.0263. The zero-order chi connectivity index (χ0) is 54.8. The summed E-state index contributed by atoms with van der Waals surface area (Å²) in [6.07, 6.45) is 2.73. The van der Waals surface area contributed by atoms with Crippen molar-refractivity contribution in [3.63, 3.8) is 0 Å². The smallest absolute Gasteiger partial charge is 0.314 e. The van der Waals surface area contributed by atoms with Crippen molar-refractivity contribution in [2.75, 3.05) is 92.1 Å². The average Bonchev–Trinajstić information content (AvgIpc) is 3.97. The lowest BCUT2D eigenvalue weighted by atomic mass is 10.1. The van der Waals surface area contributed by atoms with E-state index in [1.165, 1.54) is 12.1 Å². The van der Waals surface area contributed by atoms with Gasteiger partial charge in [-0.1, -0.05) is 46.4 Å². The second kappa shape index (κ2) is 29.6. The summed E-state index contributed by atoms with van der Waals surface area (Å²) in [6.45, 7) is 5.58. The molecule has 4 amide bonds. The van der Waals surface area contributed by atoms with E-state index >= 15 is 8.78 Å². The van der Waals surface area contributed by atoms with E-state index in [0.29, 0.717) is 82.8 Å². The van der Waals surface area contributed by atoms with Gasteiger partial charge in [0.25, 0.3) is 0 Å². The third kappa shape index (κ3) is 18.1. The Morgan fingerprint density at radius 3 is 1.24 bits per heavy atom. The first-order valence-corrected chi connectivity index (χ1v) is 29.0. The summed E-state index contributed by atoms with van der Waals surface area (Å²) in [4.78, 5) is 23.6. The van der Waals surface area contributed by atoms with Crippen molar-refractivity contribution in [2.24, 2.45) is 0 Å². The van der Waals surface area contributed by atoms with Gasteiger partial charge < -0.3 is 49.7 Å². The molecule has 0 radical (unpaired) electrons. The van der Waals surface area contributed by atoms with Gasteiger partial charge >= 0.3 is 12.1 Å². The third-order valence-electron chi connectivity index (χ3n) is 12.0. The minimum absolute atomic E-state index is 0.0420. The predicted molar refractivity (Wildman–Crippen MR) is 284 cm³/mol. The van der Waals surface area contributed by atoms with E-state index in [4.69, 9.17) is 74.8 Å². The first-order valence-electron chi connectivity index (χ1n) is 24.6. The molecule has 2 aliphatic rings. The van der Waals surface area contributed by atoms with Gasteiger partial charge in [0.2, 0.25) is 20.0 Å². The maximum Gasteiger partial charge on any atom is 0.314 e. The summed E-state index contributed by atoms with van der Waals surface area (Å²) < 4.78 is 121. The van der Waals surface area contributed by atoms with E-state index in [1.807, 2.05) is 0 Å². The summed E-state index contributed by atoms with van der Waals surface area (Å²) in [5.74, 6) is -1.70. The van der Waals surface area contributed by atoms with Gasteiger partial charge in [0, 0.05) is 59.4 Å². The highest BCUT2D eigenvalue weighted by Crippen LogP contribution is 2.43. The highest BCUT2D eigenvalue weighted by Gasteiger charge is 2.31. The molecule has 2 aliphatic carbocycles. The van der Waals surface area contributed by atoms with Crippen LogP contribution in [-0.2, 0) is 51.8 Å². The largest absolute Gasteiger partial charge is 0.482 e. The number of carbonyl (C=O) groups is 2. The highest BCUT2D eigenvalue weighted by molar-refractivity contribution is 7.89. The Balaban J connectivity index is 0.699. The SMILES string of the molecule is Cc1cc(S(=O)(=O)NCCOCCOCCNC(=O)NCCCCNC(=O)NCCOCCOCCNS(=O)(=O)c2cc(C)c(O[C@@H]3CCc4c(Cl)cc(Cl)cc43)c(F)c2)cc(F)c1O[C@@H]1CCc2c(Cl)cc(Cl)cc21. The van der Waals surface area contributed by atoms with Gasteiger partial charge in [-0.3, -0.25) is 0 Å². The molecule has 6 rings (SSSR count). The normalized spacial score (nSPS) is 15.1. The minimum Gasteiger partial charge on any atom is -0.482 e. The summed E-state index contributed by atoms with van der Waals surface area (Å²) in [5, 5.41) is 12.7. The van der Waals surface area contributed by atoms with E-state index < -0.39 is 43.9 Å². The zero-order valence-corrected chi connectivity index (χ0v) is 46.6. The maximum absolute atomic E-state index is 15.2. The van der Waals surface area contributed by atoms with Crippen LogP contribution in [0.2, 0.25) is 20.1 Å². The molecule has 0 saturated heterocycles. The number of benzene rings is 4. The monoisotopic (exact) mass is 1180 g/mol. The average molecular weight is 1180 g/mol. The lowest BCUT2D eigenvalue weighted by Crippen LogP contribution is -2.39. The fourth-order valence-electron chi connectivity index (χ4n) is 8.31. The minimum atomic E-state index is -4.04. The summed E-state index contributed by atoms with van der Waals surface area (Å²) in [6, 6.07) is 10.6. The van der Waals surface area contributed by atoms with E-state index in [2.05, 4.69) is 30.7 Å². The molecule has 2 atom stereocenters. The van der Waals surface area contributed by atoms with Crippen LogP contribution >= 0.6 is 46.4 Å². The summed E-state index contributed by atoms with van der Waals surface area (Å²) >= 11 is 25.0. The number of hydrogen-bond acceptors (Lipinski definition) is 12. The van der Waals surface area contributed by atoms with E-state index in [1.54, 1.807) is 38.1 Å². The second-order valence-electron chi connectivity index (χ2n) is 17.6. The lowest BCUT2D eigenvalue weighted by molar-refractivity contribution is 0.0516. The van der Waals surface area contributed by atoms with Gasteiger partial charge in [-0.2, -0.15) is 0 Å². The number of sulfonamides is 2. The fraction of sp³-hybridized carbons (Fsp3) is 0.480. The standard InChI is InChI=1S/C50H62Cl4F2N6O12S2/c1-31-23-35(29-43(55)47(31)73-45-7-5-37-39(45)25-33(51)27-41(37)53)75(65,66)61-13-17-71-21-19-69-15-11-59-49(63)57-9-3-4-10-58-50(64)60-12-16-70-20-22-72-18-14-62-76(67,68)36-24-32(2)48(44(56)30-36)74-46-8-6-38-40(46)26-34(52)28-42(38)54/h23-30,45-46,61-62H,3-22H2,1-2H3,(H2,57,59,63)(H2,58,60,64)/t45-,46-/m1/s1. The van der Waals surface area contributed by atoms with Crippen molar-refractivity contribution < 1.29 is 63.6 Å². The van der Waals surface area contributed by atoms with Gasteiger partial charge in [0.1, 0.15) is 12.2 Å². The molecule has 18 nitrogen and oxygen atoms in total. The van der Waals surface area contributed by atoms with Crippen LogP contribution in [-0.4, -0.2) is 121 Å². The molecule has 418 valence electrons. The molecule has 4 aromatic rings. The number of urea groups is 2. The molecule has 26 heteroatoms. The topological polar surface area (TPSA) is 230 Å². The molecule has 0 fully saturated rings. The Labute approximate surface area is 461 Å². The van der Waals surface area contributed by atoms with Crippen LogP contribution in [0, 0.1) is 25.5 Å². The summed E-state index contributed by atoms with van der Waals surface area (Å²) in [7, 11) is -8.09. The Kier molecular flexibility index (Phi) is 23.7. The Morgan fingerprint density at radius 2 is 0.868 bits per heavy atom. The number of aryl methyl sites for hydroxylation is 2.